The molecule has 5 nitrogen and oxygen atoms in total. The summed E-state index contributed by atoms with van der Waals surface area (Å²) in [5, 5.41) is 8.86. The van der Waals surface area contributed by atoms with E-state index in [0.717, 1.165) is 10.5 Å². The zero-order chi connectivity index (χ0) is 10.3. The van der Waals surface area contributed by atoms with E-state index in [1.165, 1.54) is 0 Å². The van der Waals surface area contributed by atoms with Crippen molar-refractivity contribution in [2.75, 3.05) is 6.67 Å². The predicted octanol–water partition coefficient (Wildman–Crippen LogP) is 0.871. The number of allylic oxidation sites excluding steroid dienone is 2. The molecule has 74 valence electrons. The third-order valence-electron chi connectivity index (χ3n) is 2.51. The van der Waals surface area contributed by atoms with Crippen molar-refractivity contribution in [3.8, 4) is 0 Å². The van der Waals surface area contributed by atoms with Crippen molar-refractivity contribution in [1.29, 1.82) is 0 Å². The van der Waals surface area contributed by atoms with Crippen LogP contribution >= 0.6 is 0 Å². The van der Waals surface area contributed by atoms with E-state index >= 15 is 0 Å². The van der Waals surface area contributed by atoms with Crippen molar-refractivity contribution in [1.82, 2.24) is 4.90 Å². The van der Waals surface area contributed by atoms with Gasteiger partial charge in [0.2, 0.25) is 0 Å². The molecule has 0 bridgehead atoms. The predicted molar refractivity (Wildman–Crippen MR) is 49.0 cm³/mol. The molecule has 1 aliphatic carbocycles. The maximum absolute atomic E-state index is 11.5. The Morgan fingerprint density at radius 2 is 2.43 bits per heavy atom. The summed E-state index contributed by atoms with van der Waals surface area (Å²) in [6.07, 6.45) is 0.891. The van der Waals surface area contributed by atoms with Crippen LogP contribution in [0.5, 0.6) is 0 Å². The largest absolute Gasteiger partial charge is 0.465 e. The van der Waals surface area contributed by atoms with Gasteiger partial charge in [-0.3, -0.25) is 14.7 Å². The molecule has 1 atom stereocenters. The van der Waals surface area contributed by atoms with Crippen LogP contribution in [-0.2, 0) is 4.79 Å². The van der Waals surface area contributed by atoms with Crippen LogP contribution in [0.4, 0.5) is 4.79 Å². The summed E-state index contributed by atoms with van der Waals surface area (Å²) >= 11 is 0. The number of hydrogen-bond donors (Lipinski definition) is 1. The van der Waals surface area contributed by atoms with Gasteiger partial charge in [0.15, 0.2) is 5.78 Å². The molecule has 14 heavy (non-hydrogen) atoms. The fourth-order valence-corrected chi connectivity index (χ4v) is 1.82. The van der Waals surface area contributed by atoms with Crippen LogP contribution < -0.4 is 0 Å². The lowest BCUT2D eigenvalue weighted by Crippen LogP contribution is -2.34. The highest BCUT2D eigenvalue weighted by molar-refractivity contribution is 6.07. The van der Waals surface area contributed by atoms with Crippen LogP contribution in [0, 0.1) is 5.92 Å². The van der Waals surface area contributed by atoms with Crippen LogP contribution in [0.25, 0.3) is 0 Å². The third-order valence-corrected chi connectivity index (χ3v) is 2.51. The van der Waals surface area contributed by atoms with E-state index in [0.29, 0.717) is 12.1 Å². The number of Topliss-reactive ketones (excluding diaryl/α,β-unsaturated/α-hetero) is 1. The van der Waals surface area contributed by atoms with Gasteiger partial charge < -0.3 is 5.11 Å². The highest BCUT2D eigenvalue weighted by atomic mass is 16.4. The van der Waals surface area contributed by atoms with Gasteiger partial charge in [0, 0.05) is 18.2 Å². The minimum Gasteiger partial charge on any atom is -0.465 e. The Morgan fingerprint density at radius 3 is 3.07 bits per heavy atom. The molecule has 0 radical (unpaired) electrons. The number of carboxylic acid groups (broad SMARTS) is 1. The van der Waals surface area contributed by atoms with Crippen LogP contribution in [-0.4, -0.2) is 34.8 Å². The van der Waals surface area contributed by atoms with Crippen LogP contribution in [0.2, 0.25) is 0 Å². The monoisotopic (exact) mass is 194 g/mol. The highest BCUT2D eigenvalue weighted by Crippen LogP contribution is 2.31. The summed E-state index contributed by atoms with van der Waals surface area (Å²) < 4.78 is 0. The number of amides is 1. The van der Waals surface area contributed by atoms with Gasteiger partial charge in [-0.15, -0.1) is 0 Å². The first-order valence-electron chi connectivity index (χ1n) is 4.39. The number of aliphatic imine (C=N–C) groups is 1. The molecular weight excluding hydrogens is 184 g/mol. The minimum atomic E-state index is -1.11. The van der Waals surface area contributed by atoms with Gasteiger partial charge in [-0.25, -0.2) is 4.79 Å². The molecule has 0 aromatic carbocycles. The highest BCUT2D eigenvalue weighted by Gasteiger charge is 2.36. The van der Waals surface area contributed by atoms with Crippen molar-refractivity contribution < 1.29 is 14.7 Å². The van der Waals surface area contributed by atoms with Gasteiger partial charge in [0.25, 0.3) is 0 Å². The molecule has 1 unspecified atom stereocenters. The summed E-state index contributed by atoms with van der Waals surface area (Å²) in [6, 6.07) is 0. The van der Waals surface area contributed by atoms with E-state index < -0.39 is 6.09 Å². The smallest absolute Gasteiger partial charge is 0.413 e. The number of ketones is 1. The van der Waals surface area contributed by atoms with Crippen molar-refractivity contribution in [3.05, 3.63) is 11.3 Å². The van der Waals surface area contributed by atoms with E-state index in [9.17, 15) is 9.59 Å². The van der Waals surface area contributed by atoms with E-state index in [1.807, 2.05) is 6.92 Å². The number of carbonyl (C=O) groups is 2. The Hall–Kier alpha value is -1.65. The third kappa shape index (κ3) is 1.13. The van der Waals surface area contributed by atoms with Gasteiger partial charge in [0.1, 0.15) is 6.67 Å². The van der Waals surface area contributed by atoms with Crippen molar-refractivity contribution >= 4 is 18.1 Å². The zero-order valence-corrected chi connectivity index (χ0v) is 7.73. The molecular formula is C9H10N2O3. The van der Waals surface area contributed by atoms with Gasteiger partial charge in [0.05, 0.1) is 5.70 Å². The first-order chi connectivity index (χ1) is 6.61. The van der Waals surface area contributed by atoms with Crippen molar-refractivity contribution in [3.63, 3.8) is 0 Å². The van der Waals surface area contributed by atoms with E-state index in [1.54, 1.807) is 6.21 Å². The standard InChI is InChI=1S/C9H10N2O3/c1-5-2-7(12)8-6(5)3-10-4-11(8)9(13)14/h3,5H,2,4H2,1H3,(H,13,14). The fraction of sp³-hybridized carbons (Fsp3) is 0.444. The number of rotatable bonds is 0. The topological polar surface area (TPSA) is 70.0 Å². The molecule has 0 saturated carbocycles. The maximum atomic E-state index is 11.5. The van der Waals surface area contributed by atoms with E-state index in [4.69, 9.17) is 5.11 Å². The van der Waals surface area contributed by atoms with Crippen molar-refractivity contribution in [2.45, 2.75) is 13.3 Å². The zero-order valence-electron chi connectivity index (χ0n) is 7.73. The molecule has 2 aliphatic rings. The van der Waals surface area contributed by atoms with Crippen LogP contribution in [0.15, 0.2) is 16.3 Å². The lowest BCUT2D eigenvalue weighted by Gasteiger charge is -2.21. The van der Waals surface area contributed by atoms with E-state index in [2.05, 4.69) is 4.99 Å². The molecule has 2 rings (SSSR count). The summed E-state index contributed by atoms with van der Waals surface area (Å²) in [5.74, 6) is -0.00977. The van der Waals surface area contributed by atoms with Crippen molar-refractivity contribution in [2.24, 2.45) is 10.9 Å². The molecule has 5 heteroatoms. The molecule has 1 aliphatic heterocycles. The Labute approximate surface area is 80.7 Å². The maximum Gasteiger partial charge on any atom is 0.413 e. The van der Waals surface area contributed by atoms with Gasteiger partial charge in [-0.2, -0.15) is 0 Å². The molecule has 1 heterocycles. The molecule has 0 saturated heterocycles. The normalized spacial score (nSPS) is 25.6. The number of carbonyl (C=O) groups excluding carboxylic acids is 1. The minimum absolute atomic E-state index is 0.0344. The first-order valence-corrected chi connectivity index (χ1v) is 4.39. The second-order valence-corrected chi connectivity index (χ2v) is 3.50. The SMILES string of the molecule is CC1CC(=O)C2=C1C=NCN2C(=O)O. The number of hydrogen-bond acceptors (Lipinski definition) is 3. The number of nitrogens with zero attached hydrogens (tertiary/aromatic N) is 2. The summed E-state index contributed by atoms with van der Waals surface area (Å²) in [7, 11) is 0. The quantitative estimate of drug-likeness (QED) is 0.622. The Bertz CT molecular complexity index is 370. The summed E-state index contributed by atoms with van der Waals surface area (Å²) in [5.41, 5.74) is 1.07. The lowest BCUT2D eigenvalue weighted by atomic mass is 10.1. The summed E-state index contributed by atoms with van der Waals surface area (Å²) in [4.78, 5) is 27.3. The first kappa shape index (κ1) is 8.93. The second-order valence-electron chi connectivity index (χ2n) is 3.50. The molecule has 1 amide bonds. The Morgan fingerprint density at radius 1 is 1.71 bits per heavy atom. The second kappa shape index (κ2) is 2.94. The average molecular weight is 194 g/mol. The van der Waals surface area contributed by atoms with Gasteiger partial charge >= 0.3 is 6.09 Å². The van der Waals surface area contributed by atoms with Gasteiger partial charge in [-0.05, 0) is 5.92 Å². The molecule has 0 fully saturated rings. The fourth-order valence-electron chi connectivity index (χ4n) is 1.82. The Balaban J connectivity index is 2.45. The molecule has 0 aromatic rings. The summed E-state index contributed by atoms with van der Waals surface area (Å²) in [6.45, 7) is 1.93. The van der Waals surface area contributed by atoms with E-state index in [-0.39, 0.29) is 18.4 Å². The Kier molecular flexibility index (Phi) is 1.87. The molecule has 0 spiro atoms. The van der Waals surface area contributed by atoms with Gasteiger partial charge in [-0.1, -0.05) is 6.92 Å². The van der Waals surface area contributed by atoms with Crippen LogP contribution in [0.3, 0.4) is 0 Å². The molecule has 1 N–H and O–H groups in total. The average Bonchev–Trinajstić information content (AvgIpc) is 2.43. The molecule has 0 aromatic heterocycles. The lowest BCUT2D eigenvalue weighted by molar-refractivity contribution is -0.116. The van der Waals surface area contributed by atoms with Crippen LogP contribution in [0.1, 0.15) is 13.3 Å².